The van der Waals surface area contributed by atoms with Gasteiger partial charge in [0.05, 0.1) is 17.2 Å². The minimum atomic E-state index is -4.57. The zero-order valence-corrected chi connectivity index (χ0v) is 16.6. The van der Waals surface area contributed by atoms with Gasteiger partial charge < -0.3 is 14.7 Å². The van der Waals surface area contributed by atoms with E-state index >= 15 is 0 Å². The fourth-order valence-corrected chi connectivity index (χ4v) is 3.54. The van der Waals surface area contributed by atoms with Crippen LogP contribution in [0.2, 0.25) is 0 Å². The second-order valence-electron chi connectivity index (χ2n) is 7.37. The van der Waals surface area contributed by atoms with Gasteiger partial charge >= 0.3 is 12.1 Å². The van der Waals surface area contributed by atoms with E-state index in [1.165, 1.54) is 29.2 Å². The smallest absolute Gasteiger partial charge is 0.416 e. The number of carboxylic acid groups (broad SMARTS) is 1. The van der Waals surface area contributed by atoms with Crippen LogP contribution >= 0.6 is 0 Å². The van der Waals surface area contributed by atoms with Crippen LogP contribution in [-0.4, -0.2) is 23.4 Å². The normalized spacial score (nSPS) is 16.8. The molecule has 2 aromatic rings. The minimum Gasteiger partial charge on any atom is -0.478 e. The van der Waals surface area contributed by atoms with E-state index in [4.69, 9.17) is 4.74 Å². The van der Waals surface area contributed by atoms with Crippen molar-refractivity contribution in [2.75, 3.05) is 4.90 Å². The molecule has 0 spiro atoms. The third-order valence-electron chi connectivity index (χ3n) is 4.85. The van der Waals surface area contributed by atoms with Gasteiger partial charge in [-0.25, -0.2) is 9.18 Å². The van der Waals surface area contributed by atoms with E-state index in [0.29, 0.717) is 16.7 Å². The summed E-state index contributed by atoms with van der Waals surface area (Å²) in [5.74, 6) is -1.73. The molecule has 1 aliphatic heterocycles. The summed E-state index contributed by atoms with van der Waals surface area (Å²) in [5, 5.41) is 9.82. The van der Waals surface area contributed by atoms with Crippen LogP contribution in [0.3, 0.4) is 0 Å². The predicted molar refractivity (Wildman–Crippen MR) is 104 cm³/mol. The van der Waals surface area contributed by atoms with Gasteiger partial charge in [-0.2, -0.15) is 13.2 Å². The second kappa shape index (κ2) is 8.10. The van der Waals surface area contributed by atoms with Crippen LogP contribution in [-0.2, 0) is 22.3 Å². The van der Waals surface area contributed by atoms with Crippen LogP contribution in [0.15, 0.2) is 48.0 Å². The molecule has 4 nitrogen and oxygen atoms in total. The second-order valence-corrected chi connectivity index (χ2v) is 7.37. The van der Waals surface area contributed by atoms with Crippen molar-refractivity contribution >= 4 is 17.2 Å². The standard InChI is InChI=1S/C22H21F4NO3/c1-12(2)30-20-19(21(28)29)13(3)17-8-7-15(22(24,25)26)10-18(17)27(20)11-14-5-4-6-16(23)9-14/h4-10,12,20H,11H2,1-3H3,(H,28,29). The fraction of sp³-hybridized carbons (Fsp3) is 0.318. The van der Waals surface area contributed by atoms with Gasteiger partial charge in [-0.3, -0.25) is 0 Å². The molecule has 3 rings (SSSR count). The van der Waals surface area contributed by atoms with Gasteiger partial charge in [0, 0.05) is 17.8 Å². The van der Waals surface area contributed by atoms with Gasteiger partial charge in [-0.1, -0.05) is 18.2 Å². The molecule has 1 unspecified atom stereocenters. The highest BCUT2D eigenvalue weighted by Gasteiger charge is 2.39. The average Bonchev–Trinajstić information content (AvgIpc) is 2.63. The number of hydrogen-bond acceptors (Lipinski definition) is 3. The minimum absolute atomic E-state index is 0.0342. The molecule has 1 aliphatic rings. The van der Waals surface area contributed by atoms with E-state index in [-0.39, 0.29) is 17.8 Å². The molecule has 0 fully saturated rings. The first-order valence-corrected chi connectivity index (χ1v) is 9.31. The first kappa shape index (κ1) is 21.8. The number of fused-ring (bicyclic) bond motifs is 1. The quantitative estimate of drug-likeness (QED) is 0.648. The largest absolute Gasteiger partial charge is 0.478 e. The number of halogens is 4. The molecule has 0 aliphatic carbocycles. The Balaban J connectivity index is 2.22. The molecule has 0 aromatic heterocycles. The van der Waals surface area contributed by atoms with Crippen LogP contribution in [0, 0.1) is 5.82 Å². The maximum absolute atomic E-state index is 13.7. The first-order valence-electron chi connectivity index (χ1n) is 9.31. The van der Waals surface area contributed by atoms with Crippen molar-refractivity contribution in [3.63, 3.8) is 0 Å². The SMILES string of the molecule is CC1=C(C(=O)O)C(OC(C)C)N(Cc2cccc(F)c2)c2cc(C(F)(F)F)ccc21. The van der Waals surface area contributed by atoms with E-state index in [1.54, 1.807) is 26.8 Å². The zero-order valence-electron chi connectivity index (χ0n) is 16.6. The lowest BCUT2D eigenvalue weighted by Gasteiger charge is -2.40. The highest BCUT2D eigenvalue weighted by molar-refractivity contribution is 6.01. The number of carboxylic acids is 1. The van der Waals surface area contributed by atoms with Gasteiger partial charge in [0.25, 0.3) is 0 Å². The maximum atomic E-state index is 13.7. The van der Waals surface area contributed by atoms with Crippen molar-refractivity contribution in [1.29, 1.82) is 0 Å². The Bertz CT molecular complexity index is 998. The molecule has 1 heterocycles. The van der Waals surface area contributed by atoms with Crippen molar-refractivity contribution in [1.82, 2.24) is 0 Å². The van der Waals surface area contributed by atoms with E-state index in [1.807, 2.05) is 0 Å². The highest BCUT2D eigenvalue weighted by Crippen LogP contribution is 2.43. The molecule has 1 atom stereocenters. The van der Waals surface area contributed by atoms with Gasteiger partial charge in [0.1, 0.15) is 5.82 Å². The van der Waals surface area contributed by atoms with E-state index in [9.17, 15) is 27.5 Å². The molecule has 0 radical (unpaired) electrons. The van der Waals surface area contributed by atoms with Crippen LogP contribution in [0.25, 0.3) is 5.57 Å². The first-order chi connectivity index (χ1) is 14.0. The molecular formula is C22H21F4NO3. The number of ether oxygens (including phenoxy) is 1. The molecule has 0 amide bonds. The van der Waals surface area contributed by atoms with Gasteiger partial charge in [0.15, 0.2) is 6.23 Å². The molecule has 160 valence electrons. The summed E-state index contributed by atoms with van der Waals surface area (Å²) in [6.07, 6.45) is -6.11. The van der Waals surface area contributed by atoms with Crippen LogP contribution in [0.4, 0.5) is 23.2 Å². The number of alkyl halides is 3. The van der Waals surface area contributed by atoms with E-state index in [0.717, 1.165) is 12.1 Å². The van der Waals surface area contributed by atoms with Gasteiger partial charge in [-0.05, 0) is 56.2 Å². The van der Waals surface area contributed by atoms with E-state index in [2.05, 4.69) is 0 Å². The number of nitrogens with zero attached hydrogens (tertiary/aromatic N) is 1. The lowest BCUT2D eigenvalue weighted by atomic mass is 9.91. The van der Waals surface area contributed by atoms with Crippen LogP contribution in [0.1, 0.15) is 37.5 Å². The number of carbonyl (C=O) groups is 1. The summed E-state index contributed by atoms with van der Waals surface area (Å²) < 4.78 is 59.7. The lowest BCUT2D eigenvalue weighted by molar-refractivity contribution is -0.138. The average molecular weight is 423 g/mol. The number of hydrogen-bond donors (Lipinski definition) is 1. The molecular weight excluding hydrogens is 402 g/mol. The summed E-state index contributed by atoms with van der Waals surface area (Å²) in [5.41, 5.74) is 0.419. The van der Waals surface area contributed by atoms with Crippen molar-refractivity contribution < 1.29 is 32.2 Å². The Morgan fingerprint density at radius 3 is 2.47 bits per heavy atom. The Hall–Kier alpha value is -2.87. The number of rotatable bonds is 5. The fourth-order valence-electron chi connectivity index (χ4n) is 3.54. The predicted octanol–water partition coefficient (Wildman–Crippen LogP) is 5.47. The molecule has 0 bridgehead atoms. The molecule has 30 heavy (non-hydrogen) atoms. The molecule has 2 aromatic carbocycles. The Labute approximate surface area is 171 Å². The Kier molecular flexibility index (Phi) is 5.90. The summed E-state index contributed by atoms with van der Waals surface area (Å²) in [4.78, 5) is 13.5. The summed E-state index contributed by atoms with van der Waals surface area (Å²) >= 11 is 0. The van der Waals surface area contributed by atoms with Crippen molar-refractivity contribution in [2.45, 2.75) is 45.8 Å². The lowest BCUT2D eigenvalue weighted by Crippen LogP contribution is -2.45. The number of allylic oxidation sites excluding steroid dienone is 1. The molecule has 8 heteroatoms. The van der Waals surface area contributed by atoms with E-state index < -0.39 is 35.9 Å². The summed E-state index contributed by atoms with van der Waals surface area (Å²) in [7, 11) is 0. The maximum Gasteiger partial charge on any atom is 0.416 e. The molecule has 0 saturated heterocycles. The van der Waals surface area contributed by atoms with Crippen LogP contribution < -0.4 is 4.90 Å². The Morgan fingerprint density at radius 2 is 1.90 bits per heavy atom. The molecule has 0 saturated carbocycles. The third-order valence-corrected chi connectivity index (χ3v) is 4.85. The zero-order chi connectivity index (χ0) is 22.2. The summed E-state index contributed by atoms with van der Waals surface area (Å²) in [6.45, 7) is 4.92. The highest BCUT2D eigenvalue weighted by atomic mass is 19.4. The van der Waals surface area contributed by atoms with Crippen LogP contribution in [0.5, 0.6) is 0 Å². The van der Waals surface area contributed by atoms with Gasteiger partial charge in [0.2, 0.25) is 0 Å². The number of aliphatic carboxylic acids is 1. The Morgan fingerprint density at radius 1 is 1.20 bits per heavy atom. The van der Waals surface area contributed by atoms with Crippen molar-refractivity contribution in [3.05, 3.63) is 70.5 Å². The molecule has 1 N–H and O–H groups in total. The van der Waals surface area contributed by atoms with Crippen molar-refractivity contribution in [3.8, 4) is 0 Å². The topological polar surface area (TPSA) is 49.8 Å². The van der Waals surface area contributed by atoms with Gasteiger partial charge in [-0.15, -0.1) is 0 Å². The third kappa shape index (κ3) is 4.33. The number of benzene rings is 2. The number of anilines is 1. The monoisotopic (exact) mass is 423 g/mol. The van der Waals surface area contributed by atoms with Crippen molar-refractivity contribution in [2.24, 2.45) is 0 Å². The summed E-state index contributed by atoms with van der Waals surface area (Å²) in [6, 6.07) is 8.78.